The van der Waals surface area contributed by atoms with E-state index < -0.39 is 25.5 Å². The SMILES string of the molecule is F[P-](F)(F)(F)(F)F.c1ccc(-c2cccc[c]2[Ir+][c]2ccccc2-c2ccccn2)nc1. The van der Waals surface area contributed by atoms with Crippen molar-refractivity contribution in [3.05, 3.63) is 97.3 Å². The summed E-state index contributed by atoms with van der Waals surface area (Å²) in [6, 6.07) is 29.4. The van der Waals surface area contributed by atoms with Crippen LogP contribution >= 0.6 is 7.81 Å². The molecule has 32 heavy (non-hydrogen) atoms. The predicted molar refractivity (Wildman–Crippen MR) is 112 cm³/mol. The van der Waals surface area contributed by atoms with E-state index in [0.29, 0.717) is 0 Å². The molecule has 2 aromatic carbocycles. The van der Waals surface area contributed by atoms with Crippen molar-refractivity contribution >= 4 is 16.0 Å². The molecule has 0 spiro atoms. The molecule has 0 aliphatic rings. The first kappa shape index (κ1) is 24.0. The third-order valence-corrected chi connectivity index (χ3v) is 7.15. The summed E-state index contributed by atoms with van der Waals surface area (Å²) in [4.78, 5) is 9.08. The fourth-order valence-electron chi connectivity index (χ4n) is 2.60. The van der Waals surface area contributed by atoms with Crippen LogP contribution in [-0.2, 0) is 17.7 Å². The second kappa shape index (κ2) is 8.74. The summed E-state index contributed by atoms with van der Waals surface area (Å²) in [5.41, 5.74) is 4.55. The van der Waals surface area contributed by atoms with Gasteiger partial charge in [0.15, 0.2) is 0 Å². The van der Waals surface area contributed by atoms with E-state index in [-0.39, 0.29) is 0 Å². The number of hydrogen-bond acceptors (Lipinski definition) is 2. The average Bonchev–Trinajstić information content (AvgIpc) is 2.74. The zero-order valence-corrected chi connectivity index (χ0v) is 19.5. The Balaban J connectivity index is 0.000000360. The Morgan fingerprint density at radius 1 is 0.500 bits per heavy atom. The van der Waals surface area contributed by atoms with E-state index in [2.05, 4.69) is 70.6 Å². The van der Waals surface area contributed by atoms with Gasteiger partial charge in [-0.1, -0.05) is 0 Å². The number of hydrogen-bond donors (Lipinski definition) is 0. The molecule has 10 heteroatoms. The normalized spacial score (nSPS) is 13.4. The van der Waals surface area contributed by atoms with E-state index in [1.807, 2.05) is 36.7 Å². The van der Waals surface area contributed by atoms with E-state index in [1.54, 1.807) is 0 Å². The number of halogens is 6. The average molecular weight is 646 g/mol. The molecule has 2 aromatic heterocycles. The van der Waals surface area contributed by atoms with E-state index in [0.717, 1.165) is 11.4 Å². The van der Waals surface area contributed by atoms with Gasteiger partial charge in [0.05, 0.1) is 0 Å². The molecular formula is C22H16F6IrN2P. The van der Waals surface area contributed by atoms with Crippen LogP contribution in [0.1, 0.15) is 0 Å². The number of nitrogens with zero attached hydrogens (tertiary/aromatic N) is 2. The van der Waals surface area contributed by atoms with Crippen molar-refractivity contribution in [3.63, 3.8) is 0 Å². The molecule has 2 nitrogen and oxygen atoms in total. The van der Waals surface area contributed by atoms with Gasteiger partial charge in [0, 0.05) is 0 Å². The molecule has 0 radical (unpaired) electrons. The van der Waals surface area contributed by atoms with Gasteiger partial charge in [-0.25, -0.2) is 0 Å². The molecule has 0 amide bonds. The molecule has 4 rings (SSSR count). The zero-order valence-electron chi connectivity index (χ0n) is 16.2. The van der Waals surface area contributed by atoms with Gasteiger partial charge in [-0.05, 0) is 0 Å². The number of aromatic nitrogens is 2. The Morgan fingerprint density at radius 3 is 1.19 bits per heavy atom. The summed E-state index contributed by atoms with van der Waals surface area (Å²) in [6.07, 6.45) is 3.71. The van der Waals surface area contributed by atoms with Crippen LogP contribution in [0.15, 0.2) is 97.3 Å². The Bertz CT molecular complexity index is 1100. The first-order valence-corrected chi connectivity index (χ1v) is 13.5. The minimum absolute atomic E-state index is 0.509. The van der Waals surface area contributed by atoms with E-state index in [9.17, 15) is 25.2 Å². The fourth-order valence-corrected chi connectivity index (χ4v) is 5.81. The minimum atomic E-state index is -10.7. The molecule has 0 bridgehead atoms. The van der Waals surface area contributed by atoms with Crippen LogP contribution in [0.3, 0.4) is 0 Å². The summed E-state index contributed by atoms with van der Waals surface area (Å²) in [6.45, 7) is 0. The summed E-state index contributed by atoms with van der Waals surface area (Å²) >= 11 is -0.509. The summed E-state index contributed by atoms with van der Waals surface area (Å²) in [5, 5.41) is 0. The number of rotatable bonds is 4. The van der Waals surface area contributed by atoms with Crippen molar-refractivity contribution in [1.29, 1.82) is 0 Å². The van der Waals surface area contributed by atoms with Gasteiger partial charge in [-0.15, -0.1) is 0 Å². The standard InChI is InChI=1S/2C11H8N.F6P.Ir/c2*1-2-6-10(7-3-1)11-8-4-5-9-12-11;1-7(2,3,4,5)6;/h2*1-6,8-9H;;/q;;-1;+1. The topological polar surface area (TPSA) is 25.8 Å². The van der Waals surface area contributed by atoms with Gasteiger partial charge in [-0.3, -0.25) is 0 Å². The van der Waals surface area contributed by atoms with Gasteiger partial charge >= 0.3 is 189 Å². The molecular weight excluding hydrogens is 629 g/mol. The summed E-state index contributed by atoms with van der Waals surface area (Å²) in [7, 11) is -10.7. The van der Waals surface area contributed by atoms with Crippen LogP contribution in [0.2, 0.25) is 0 Å². The Labute approximate surface area is 188 Å². The van der Waals surface area contributed by atoms with Crippen LogP contribution in [-0.4, -0.2) is 9.97 Å². The van der Waals surface area contributed by atoms with Crippen molar-refractivity contribution in [3.8, 4) is 22.5 Å². The maximum atomic E-state index is 9.87. The van der Waals surface area contributed by atoms with Crippen molar-refractivity contribution < 1.29 is 42.9 Å². The zero-order chi connectivity index (χ0) is 23.3. The van der Waals surface area contributed by atoms with Gasteiger partial charge < -0.3 is 0 Å². The van der Waals surface area contributed by atoms with Crippen LogP contribution in [0.4, 0.5) is 25.2 Å². The second-order valence-corrected chi connectivity index (χ2v) is 11.5. The molecule has 0 unspecified atom stereocenters. The van der Waals surface area contributed by atoms with Crippen LogP contribution in [0.5, 0.6) is 0 Å². The van der Waals surface area contributed by atoms with Gasteiger partial charge in [0.2, 0.25) is 0 Å². The molecule has 0 atom stereocenters. The quantitative estimate of drug-likeness (QED) is 0.173. The van der Waals surface area contributed by atoms with Crippen LogP contribution < -0.4 is 8.15 Å². The second-order valence-electron chi connectivity index (χ2n) is 6.38. The van der Waals surface area contributed by atoms with E-state index in [4.69, 9.17) is 0 Å². The number of pyridine rings is 2. The number of benzene rings is 2. The van der Waals surface area contributed by atoms with Crippen molar-refractivity contribution in [2.24, 2.45) is 0 Å². The molecule has 2 heterocycles. The Hall–Kier alpha value is -2.60. The first-order chi connectivity index (χ1) is 14.9. The molecule has 0 aliphatic carbocycles. The third-order valence-electron chi connectivity index (χ3n) is 3.77. The Kier molecular flexibility index (Phi) is 6.57. The maximum absolute atomic E-state index is 10.7. The predicted octanol–water partition coefficient (Wildman–Crippen LogP) is 7.23. The summed E-state index contributed by atoms with van der Waals surface area (Å²) in [5.74, 6) is 0. The summed E-state index contributed by atoms with van der Waals surface area (Å²) < 4.78 is 62.0. The molecule has 0 saturated carbocycles. The van der Waals surface area contributed by atoms with Crippen molar-refractivity contribution in [2.75, 3.05) is 0 Å². The monoisotopic (exact) mass is 646 g/mol. The van der Waals surface area contributed by atoms with Gasteiger partial charge in [-0.2, -0.15) is 0 Å². The molecule has 0 aliphatic heterocycles. The van der Waals surface area contributed by atoms with Gasteiger partial charge in [0.1, 0.15) is 0 Å². The van der Waals surface area contributed by atoms with Crippen LogP contribution in [0, 0.1) is 0 Å². The molecule has 170 valence electrons. The van der Waals surface area contributed by atoms with E-state index >= 15 is 0 Å². The van der Waals surface area contributed by atoms with Crippen molar-refractivity contribution in [1.82, 2.24) is 9.97 Å². The van der Waals surface area contributed by atoms with Crippen LogP contribution in [0.25, 0.3) is 22.5 Å². The first-order valence-electron chi connectivity index (χ1n) is 9.04. The molecule has 4 aromatic rings. The third kappa shape index (κ3) is 8.50. The Morgan fingerprint density at radius 2 is 0.844 bits per heavy atom. The van der Waals surface area contributed by atoms with Gasteiger partial charge in [0.25, 0.3) is 0 Å². The van der Waals surface area contributed by atoms with E-state index in [1.165, 1.54) is 19.3 Å². The fraction of sp³-hybridized carbons (Fsp3) is 0. The molecule has 0 fully saturated rings. The molecule has 0 N–H and O–H groups in total. The van der Waals surface area contributed by atoms with Crippen molar-refractivity contribution in [2.45, 2.75) is 0 Å². The molecule has 0 saturated heterocycles.